The second-order valence-electron chi connectivity index (χ2n) is 6.51. The molecule has 0 amide bonds. The molecule has 0 aromatic rings. The summed E-state index contributed by atoms with van der Waals surface area (Å²) in [5.74, 6) is -0.613. The minimum absolute atomic E-state index is 0.0278. The number of piperazine rings is 2. The Morgan fingerprint density at radius 2 is 1.61 bits per heavy atom. The van der Waals surface area contributed by atoms with Crippen LogP contribution in [0, 0.1) is 11.3 Å². The van der Waals surface area contributed by atoms with Gasteiger partial charge in [-0.15, -0.1) is 0 Å². The van der Waals surface area contributed by atoms with Crippen LogP contribution in [0.15, 0.2) is 0 Å². The first kappa shape index (κ1) is 17.1. The van der Waals surface area contributed by atoms with Crippen LogP contribution in [0.2, 0.25) is 0 Å². The maximum absolute atomic E-state index is 9.34. The lowest BCUT2D eigenvalue weighted by Crippen LogP contribution is -2.59. The predicted molar refractivity (Wildman–Crippen MR) is 87.0 cm³/mol. The molecular weight excluding hydrogens is 294 g/mol. The van der Waals surface area contributed by atoms with Crippen LogP contribution in [-0.2, 0) is 9.47 Å². The Morgan fingerprint density at radius 1 is 1.00 bits per heavy atom. The van der Waals surface area contributed by atoms with E-state index in [2.05, 4.69) is 26.5 Å². The Hall–Kier alpha value is -0.750. The van der Waals surface area contributed by atoms with E-state index in [0.717, 1.165) is 65.3 Å². The largest absolute Gasteiger partial charge is 0.346 e. The molecule has 23 heavy (non-hydrogen) atoms. The van der Waals surface area contributed by atoms with Gasteiger partial charge in [0.2, 0.25) is 0 Å². The Balaban J connectivity index is 1.67. The van der Waals surface area contributed by atoms with Crippen molar-refractivity contribution in [2.45, 2.75) is 24.7 Å². The molecule has 0 saturated carbocycles. The van der Waals surface area contributed by atoms with Gasteiger partial charge >= 0.3 is 0 Å². The first-order valence-corrected chi connectivity index (χ1v) is 8.87. The molecule has 0 spiro atoms. The SMILES string of the molecule is N#CCC(N1CCNCC1)C1(CCN2CCNCC2)OCCO1. The van der Waals surface area contributed by atoms with Gasteiger partial charge in [0.15, 0.2) is 5.79 Å². The summed E-state index contributed by atoms with van der Waals surface area (Å²) in [6, 6.07) is 2.39. The van der Waals surface area contributed by atoms with E-state index in [4.69, 9.17) is 9.47 Å². The summed E-state index contributed by atoms with van der Waals surface area (Å²) < 4.78 is 12.2. The Morgan fingerprint density at radius 3 is 2.22 bits per heavy atom. The van der Waals surface area contributed by atoms with E-state index in [9.17, 15) is 5.26 Å². The van der Waals surface area contributed by atoms with Gasteiger partial charge in [-0.2, -0.15) is 5.26 Å². The van der Waals surface area contributed by atoms with Gasteiger partial charge in [0.25, 0.3) is 0 Å². The van der Waals surface area contributed by atoms with Gasteiger partial charge in [-0.3, -0.25) is 4.90 Å². The maximum atomic E-state index is 9.34. The molecule has 0 aliphatic carbocycles. The van der Waals surface area contributed by atoms with Crippen molar-refractivity contribution in [2.75, 3.05) is 72.1 Å². The van der Waals surface area contributed by atoms with Gasteiger partial charge in [-0.25, -0.2) is 0 Å². The van der Waals surface area contributed by atoms with Crippen LogP contribution in [0.4, 0.5) is 0 Å². The summed E-state index contributed by atoms with van der Waals surface area (Å²) in [6.45, 7) is 10.3. The zero-order valence-corrected chi connectivity index (χ0v) is 13.9. The van der Waals surface area contributed by atoms with Crippen LogP contribution in [0.25, 0.3) is 0 Å². The fourth-order valence-corrected chi connectivity index (χ4v) is 3.87. The van der Waals surface area contributed by atoms with Crippen LogP contribution >= 0.6 is 0 Å². The lowest BCUT2D eigenvalue weighted by atomic mass is 9.97. The van der Waals surface area contributed by atoms with Gasteiger partial charge in [-0.05, 0) is 0 Å². The first-order valence-electron chi connectivity index (χ1n) is 8.87. The van der Waals surface area contributed by atoms with Crippen molar-refractivity contribution < 1.29 is 9.47 Å². The standard InChI is InChI=1S/C16H29N5O2/c17-3-1-15(21-11-6-19-7-12-21)16(22-13-14-23-16)2-8-20-9-4-18-5-10-20/h15,18-19H,1-2,4-14H2. The van der Waals surface area contributed by atoms with Crippen molar-refractivity contribution in [2.24, 2.45) is 0 Å². The molecule has 7 heteroatoms. The van der Waals surface area contributed by atoms with Gasteiger partial charge in [-0.1, -0.05) is 0 Å². The number of rotatable bonds is 6. The maximum Gasteiger partial charge on any atom is 0.186 e. The Labute approximate surface area is 138 Å². The minimum atomic E-state index is -0.613. The Kier molecular flexibility index (Phi) is 6.22. The number of nitrogens with zero attached hydrogens (tertiary/aromatic N) is 3. The molecule has 0 bridgehead atoms. The minimum Gasteiger partial charge on any atom is -0.346 e. The molecule has 3 rings (SSSR count). The summed E-state index contributed by atoms with van der Waals surface area (Å²) in [7, 11) is 0. The van der Waals surface area contributed by atoms with E-state index in [1.807, 2.05) is 0 Å². The molecule has 3 aliphatic rings. The molecule has 3 fully saturated rings. The lowest BCUT2D eigenvalue weighted by Gasteiger charge is -2.44. The molecule has 0 aromatic carbocycles. The number of ether oxygens (including phenoxy) is 2. The highest BCUT2D eigenvalue weighted by Gasteiger charge is 2.47. The van der Waals surface area contributed by atoms with E-state index in [-0.39, 0.29) is 6.04 Å². The molecule has 1 unspecified atom stereocenters. The summed E-state index contributed by atoms with van der Waals surface area (Å²) >= 11 is 0. The summed E-state index contributed by atoms with van der Waals surface area (Å²) in [5, 5.41) is 16.1. The normalized spacial score (nSPS) is 27.6. The third-order valence-corrected chi connectivity index (χ3v) is 5.15. The summed E-state index contributed by atoms with van der Waals surface area (Å²) in [5.41, 5.74) is 0. The van der Waals surface area contributed by atoms with Crippen molar-refractivity contribution in [1.82, 2.24) is 20.4 Å². The molecular formula is C16H29N5O2. The zero-order chi connectivity index (χ0) is 16.0. The van der Waals surface area contributed by atoms with Crippen molar-refractivity contribution in [3.8, 4) is 6.07 Å². The van der Waals surface area contributed by atoms with E-state index in [0.29, 0.717) is 19.6 Å². The number of nitriles is 1. The third kappa shape index (κ3) is 4.21. The number of hydrogen-bond donors (Lipinski definition) is 2. The van der Waals surface area contributed by atoms with E-state index >= 15 is 0 Å². The smallest absolute Gasteiger partial charge is 0.186 e. The number of nitrogens with one attached hydrogen (secondary N) is 2. The van der Waals surface area contributed by atoms with Crippen LogP contribution in [0.1, 0.15) is 12.8 Å². The van der Waals surface area contributed by atoms with Crippen LogP contribution in [0.3, 0.4) is 0 Å². The highest BCUT2D eigenvalue weighted by atomic mass is 16.7. The molecule has 0 aromatic heterocycles. The molecule has 7 nitrogen and oxygen atoms in total. The van der Waals surface area contributed by atoms with Gasteiger partial charge in [0.05, 0.1) is 31.7 Å². The van der Waals surface area contributed by atoms with E-state index in [1.165, 1.54) is 0 Å². The molecule has 130 valence electrons. The fraction of sp³-hybridized carbons (Fsp3) is 0.938. The predicted octanol–water partition coefficient (Wildman–Crippen LogP) is -0.788. The second kappa shape index (κ2) is 8.38. The molecule has 1 atom stereocenters. The quantitative estimate of drug-likeness (QED) is 0.664. The Bertz CT molecular complexity index is 396. The van der Waals surface area contributed by atoms with Gasteiger partial charge in [0, 0.05) is 65.3 Å². The average molecular weight is 323 g/mol. The molecule has 3 aliphatic heterocycles. The highest BCUT2D eigenvalue weighted by molar-refractivity contribution is 4.97. The first-order chi connectivity index (χ1) is 11.3. The summed E-state index contributed by atoms with van der Waals surface area (Å²) in [4.78, 5) is 4.84. The molecule has 3 saturated heterocycles. The van der Waals surface area contributed by atoms with Gasteiger partial charge < -0.3 is 25.0 Å². The summed E-state index contributed by atoms with van der Waals surface area (Å²) in [6.07, 6.45) is 1.30. The third-order valence-electron chi connectivity index (χ3n) is 5.15. The van der Waals surface area contributed by atoms with E-state index in [1.54, 1.807) is 0 Å². The van der Waals surface area contributed by atoms with Crippen molar-refractivity contribution in [3.05, 3.63) is 0 Å². The monoisotopic (exact) mass is 323 g/mol. The van der Waals surface area contributed by atoms with Crippen LogP contribution in [-0.4, -0.2) is 93.7 Å². The van der Waals surface area contributed by atoms with Crippen LogP contribution in [0.5, 0.6) is 0 Å². The average Bonchev–Trinajstić information content (AvgIpc) is 3.09. The molecule has 2 N–H and O–H groups in total. The lowest BCUT2D eigenvalue weighted by molar-refractivity contribution is -0.208. The number of hydrogen-bond acceptors (Lipinski definition) is 7. The van der Waals surface area contributed by atoms with Crippen molar-refractivity contribution in [3.63, 3.8) is 0 Å². The molecule has 3 heterocycles. The van der Waals surface area contributed by atoms with Crippen molar-refractivity contribution in [1.29, 1.82) is 5.26 Å². The fourth-order valence-electron chi connectivity index (χ4n) is 3.87. The van der Waals surface area contributed by atoms with Crippen LogP contribution < -0.4 is 10.6 Å². The topological polar surface area (TPSA) is 72.8 Å². The van der Waals surface area contributed by atoms with E-state index < -0.39 is 5.79 Å². The van der Waals surface area contributed by atoms with Crippen molar-refractivity contribution >= 4 is 0 Å². The molecule has 0 radical (unpaired) electrons. The second-order valence-corrected chi connectivity index (χ2v) is 6.51. The highest BCUT2D eigenvalue weighted by Crippen LogP contribution is 2.33. The zero-order valence-electron chi connectivity index (χ0n) is 13.9. The van der Waals surface area contributed by atoms with Gasteiger partial charge in [0.1, 0.15) is 0 Å².